The third-order valence-corrected chi connectivity index (χ3v) is 4.01. The summed E-state index contributed by atoms with van der Waals surface area (Å²) in [7, 11) is 0. The summed E-state index contributed by atoms with van der Waals surface area (Å²) >= 11 is 6.38. The Morgan fingerprint density at radius 2 is 2.32 bits per heavy atom. The Kier molecular flexibility index (Phi) is 3.89. The number of rotatable bonds is 3. The lowest BCUT2D eigenvalue weighted by molar-refractivity contribution is 0.112. The Morgan fingerprint density at radius 1 is 1.37 bits per heavy atom. The van der Waals surface area contributed by atoms with Crippen molar-refractivity contribution in [2.45, 2.75) is 24.8 Å². The number of hydrogen-bond acceptors (Lipinski definition) is 4. The average molecular weight is 281 g/mol. The smallest absolute Gasteiger partial charge is 0.137 e. The van der Waals surface area contributed by atoms with Gasteiger partial charge >= 0.3 is 0 Å². The number of benzene rings is 1. The molecule has 0 saturated carbocycles. The molecule has 0 aromatic heterocycles. The molecule has 1 aromatic carbocycles. The predicted molar refractivity (Wildman–Crippen MR) is 74.7 cm³/mol. The second-order valence-corrected chi connectivity index (χ2v) is 5.42. The van der Waals surface area contributed by atoms with Crippen molar-refractivity contribution in [3.63, 3.8) is 0 Å². The van der Waals surface area contributed by atoms with Gasteiger partial charge in [-0.05, 0) is 30.0 Å². The van der Waals surface area contributed by atoms with Gasteiger partial charge in [-0.3, -0.25) is 0 Å². The molecule has 1 unspecified atom stereocenters. The van der Waals surface area contributed by atoms with E-state index in [0.717, 1.165) is 36.6 Å². The molecular formula is C14H17ClN2O2. The average Bonchev–Trinajstić information content (AvgIpc) is 2.96. The minimum absolute atomic E-state index is 0.232. The first-order valence-electron chi connectivity index (χ1n) is 6.59. The summed E-state index contributed by atoms with van der Waals surface area (Å²) in [5, 5.41) is 7.67. The summed E-state index contributed by atoms with van der Waals surface area (Å²) in [5.74, 6) is 0.495. The zero-order valence-corrected chi connectivity index (χ0v) is 11.4. The maximum absolute atomic E-state index is 6.38. The molecule has 2 heterocycles. The molecule has 5 heteroatoms. The molecule has 1 N–H and O–H groups in total. The van der Waals surface area contributed by atoms with E-state index < -0.39 is 0 Å². The summed E-state index contributed by atoms with van der Waals surface area (Å²) in [6.45, 7) is 2.24. The number of nitrogens with one attached hydrogen (secondary N) is 1. The van der Waals surface area contributed by atoms with E-state index in [9.17, 15) is 0 Å². The molecular weight excluding hydrogens is 264 g/mol. The minimum atomic E-state index is 0.232. The van der Waals surface area contributed by atoms with Gasteiger partial charge in [0.15, 0.2) is 0 Å². The first-order chi connectivity index (χ1) is 9.33. The second kappa shape index (κ2) is 5.80. The number of ether oxygens (including phenoxy) is 1. The topological polar surface area (TPSA) is 42.9 Å². The largest absolute Gasteiger partial charge is 0.392 e. The molecule has 1 aromatic rings. The summed E-state index contributed by atoms with van der Waals surface area (Å²) < 4.78 is 5.42. The molecule has 0 amide bonds. The van der Waals surface area contributed by atoms with Crippen molar-refractivity contribution >= 4 is 17.9 Å². The van der Waals surface area contributed by atoms with Crippen LogP contribution in [-0.2, 0) is 16.0 Å². The number of nitrogens with zero attached hydrogens (tertiary/aromatic N) is 1. The number of halogens is 1. The molecule has 102 valence electrons. The van der Waals surface area contributed by atoms with Crippen LogP contribution >= 0.6 is 11.6 Å². The highest BCUT2D eigenvalue weighted by Gasteiger charge is 2.19. The Hall–Kier alpha value is -1.26. The summed E-state index contributed by atoms with van der Waals surface area (Å²) in [6, 6.07) is 6.59. The Balaban J connectivity index is 1.70. The standard InChI is InChI=1S/C14H17ClN2O2/c15-14-6-10(12-3-4-18-7-12)1-2-11(14)5-13-8-19-17-9-16-13/h1-2,6,9,12-13H,3-5,7-8H2,(H,16,17)/t12-,13?/m0/s1. The molecule has 1 fully saturated rings. The van der Waals surface area contributed by atoms with Crippen molar-refractivity contribution in [2.24, 2.45) is 5.16 Å². The van der Waals surface area contributed by atoms with E-state index in [1.807, 2.05) is 0 Å². The van der Waals surface area contributed by atoms with Crippen molar-refractivity contribution in [3.05, 3.63) is 34.3 Å². The van der Waals surface area contributed by atoms with Gasteiger partial charge in [0.2, 0.25) is 0 Å². The maximum Gasteiger partial charge on any atom is 0.137 e. The number of hydrogen-bond donors (Lipinski definition) is 1. The lowest BCUT2D eigenvalue weighted by Gasteiger charge is -2.20. The van der Waals surface area contributed by atoms with Crippen molar-refractivity contribution in [2.75, 3.05) is 19.8 Å². The van der Waals surface area contributed by atoms with Gasteiger partial charge in [-0.2, -0.15) is 0 Å². The fourth-order valence-corrected chi connectivity index (χ4v) is 2.78. The van der Waals surface area contributed by atoms with Crippen molar-refractivity contribution in [1.82, 2.24) is 5.32 Å². The van der Waals surface area contributed by atoms with Crippen LogP contribution in [0.15, 0.2) is 23.4 Å². The molecule has 0 radical (unpaired) electrons. The highest BCUT2D eigenvalue weighted by Crippen LogP contribution is 2.29. The van der Waals surface area contributed by atoms with E-state index in [1.165, 1.54) is 5.56 Å². The predicted octanol–water partition coefficient (Wildman–Crippen LogP) is 2.32. The third kappa shape index (κ3) is 3.01. The lowest BCUT2D eigenvalue weighted by Crippen LogP contribution is -2.37. The molecule has 3 rings (SSSR count). The summed E-state index contributed by atoms with van der Waals surface area (Å²) in [6.07, 6.45) is 3.52. The molecule has 0 aliphatic carbocycles. The van der Waals surface area contributed by atoms with E-state index in [4.69, 9.17) is 21.2 Å². The van der Waals surface area contributed by atoms with Gasteiger partial charge in [0.25, 0.3) is 0 Å². The normalized spacial score (nSPS) is 25.9. The quantitative estimate of drug-likeness (QED) is 0.924. The van der Waals surface area contributed by atoms with E-state index in [1.54, 1.807) is 6.34 Å². The fraction of sp³-hybridized carbons (Fsp3) is 0.500. The van der Waals surface area contributed by atoms with E-state index in [0.29, 0.717) is 12.5 Å². The van der Waals surface area contributed by atoms with Crippen LogP contribution in [0, 0.1) is 0 Å². The molecule has 0 spiro atoms. The second-order valence-electron chi connectivity index (χ2n) is 5.01. The van der Waals surface area contributed by atoms with Crippen LogP contribution in [0.25, 0.3) is 0 Å². The first kappa shape index (κ1) is 12.8. The molecule has 1 saturated heterocycles. The Labute approximate surface area is 117 Å². The molecule has 4 nitrogen and oxygen atoms in total. The van der Waals surface area contributed by atoms with Gasteiger partial charge in [-0.1, -0.05) is 28.9 Å². The SMILES string of the molecule is Clc1cc([C@H]2CCOC2)ccc1CC1CON=CN1. The van der Waals surface area contributed by atoms with E-state index >= 15 is 0 Å². The van der Waals surface area contributed by atoms with Gasteiger partial charge in [-0.25, -0.2) is 0 Å². The van der Waals surface area contributed by atoms with Crippen molar-refractivity contribution in [3.8, 4) is 0 Å². The van der Waals surface area contributed by atoms with Gasteiger partial charge in [-0.15, -0.1) is 0 Å². The van der Waals surface area contributed by atoms with Crippen LogP contribution in [0.1, 0.15) is 23.5 Å². The van der Waals surface area contributed by atoms with Gasteiger partial charge in [0.1, 0.15) is 12.9 Å². The lowest BCUT2D eigenvalue weighted by atomic mass is 9.96. The molecule has 2 aliphatic heterocycles. The zero-order valence-electron chi connectivity index (χ0n) is 10.6. The molecule has 19 heavy (non-hydrogen) atoms. The molecule has 0 bridgehead atoms. The van der Waals surface area contributed by atoms with Crippen LogP contribution in [0.5, 0.6) is 0 Å². The van der Waals surface area contributed by atoms with Crippen molar-refractivity contribution in [1.29, 1.82) is 0 Å². The van der Waals surface area contributed by atoms with Gasteiger partial charge in [0.05, 0.1) is 12.6 Å². The molecule has 2 aliphatic rings. The zero-order chi connectivity index (χ0) is 13.1. The van der Waals surface area contributed by atoms with Crippen LogP contribution in [0.2, 0.25) is 5.02 Å². The van der Waals surface area contributed by atoms with Crippen LogP contribution < -0.4 is 5.32 Å². The van der Waals surface area contributed by atoms with E-state index in [2.05, 4.69) is 28.7 Å². The number of oxime groups is 1. The van der Waals surface area contributed by atoms with Crippen LogP contribution in [0.3, 0.4) is 0 Å². The summed E-state index contributed by atoms with van der Waals surface area (Å²) in [5.41, 5.74) is 2.42. The minimum Gasteiger partial charge on any atom is -0.392 e. The van der Waals surface area contributed by atoms with E-state index in [-0.39, 0.29) is 6.04 Å². The highest BCUT2D eigenvalue weighted by molar-refractivity contribution is 6.31. The maximum atomic E-state index is 6.38. The van der Waals surface area contributed by atoms with Crippen molar-refractivity contribution < 1.29 is 9.57 Å². The van der Waals surface area contributed by atoms with Crippen LogP contribution in [0.4, 0.5) is 0 Å². The highest BCUT2D eigenvalue weighted by atomic mass is 35.5. The fourth-order valence-electron chi connectivity index (χ4n) is 2.52. The Bertz CT molecular complexity index is 473. The molecule has 2 atom stereocenters. The van der Waals surface area contributed by atoms with Crippen LogP contribution in [-0.4, -0.2) is 32.2 Å². The third-order valence-electron chi connectivity index (χ3n) is 3.66. The van der Waals surface area contributed by atoms with Gasteiger partial charge < -0.3 is 14.9 Å². The Morgan fingerprint density at radius 3 is 3.00 bits per heavy atom. The monoisotopic (exact) mass is 280 g/mol. The van der Waals surface area contributed by atoms with Gasteiger partial charge in [0, 0.05) is 17.5 Å². The first-order valence-corrected chi connectivity index (χ1v) is 6.96. The summed E-state index contributed by atoms with van der Waals surface area (Å²) in [4.78, 5) is 5.05.